The number of benzene rings is 10. The van der Waals surface area contributed by atoms with Crippen LogP contribution in [-0.2, 0) is 37.3 Å². The third-order valence-electron chi connectivity index (χ3n) is 16.6. The molecule has 0 saturated carbocycles. The molecule has 0 radical (unpaired) electrons. The van der Waals surface area contributed by atoms with E-state index in [-0.39, 0.29) is 48.6 Å². The van der Waals surface area contributed by atoms with Crippen molar-refractivity contribution in [2.24, 2.45) is 0 Å². The van der Waals surface area contributed by atoms with E-state index in [0.29, 0.717) is 50.8 Å². The van der Waals surface area contributed by atoms with E-state index in [4.69, 9.17) is 9.72 Å². The molecule has 0 N–H and O–H groups in total. The largest absolute Gasteiger partial charge is 0.509 e. The van der Waals surface area contributed by atoms with Gasteiger partial charge in [0.05, 0.1) is 5.56 Å². The van der Waals surface area contributed by atoms with E-state index in [1.54, 1.807) is 11.6 Å². The quantitative estimate of drug-likeness (QED) is 0.0591. The Morgan fingerprint density at radius 3 is 1.55 bits per heavy atom. The minimum absolute atomic E-state index is 0. The van der Waals surface area contributed by atoms with Crippen molar-refractivity contribution < 1.29 is 47.8 Å². The maximum Gasteiger partial charge on any atom is 0.200 e. The number of anilines is 4. The zero-order valence-corrected chi connectivity index (χ0v) is 52.9. The summed E-state index contributed by atoms with van der Waals surface area (Å²) in [5.41, 5.74) is 10.6. The number of aromatic nitrogens is 2. The number of fused-ring (bicyclic) bond motifs is 4. The molecule has 13 rings (SSSR count). The Balaban J connectivity index is 0.00000769. The van der Waals surface area contributed by atoms with Crippen LogP contribution >= 0.6 is 0 Å². The predicted octanol–water partition coefficient (Wildman–Crippen LogP) is 21.9. The molecule has 0 aliphatic carbocycles. The van der Waals surface area contributed by atoms with E-state index in [0.717, 1.165) is 66.6 Å². The normalized spacial score (nSPS) is 12.7. The Hall–Kier alpha value is -9.11. The van der Waals surface area contributed by atoms with Crippen LogP contribution in [0, 0.1) is 47.9 Å². The van der Waals surface area contributed by atoms with E-state index in [1.165, 1.54) is 6.07 Å². The summed E-state index contributed by atoms with van der Waals surface area (Å²) in [5, 5.41) is 2.00. The van der Waals surface area contributed by atoms with Crippen molar-refractivity contribution in [3.8, 4) is 73.0 Å². The molecule has 1 aliphatic rings. The van der Waals surface area contributed by atoms with E-state index in [1.807, 2.05) is 132 Å². The van der Waals surface area contributed by atoms with Gasteiger partial charge in [-0.1, -0.05) is 201 Å². The fraction of sp³-hybridized carbons (Fsp3) is 0.154. The first-order chi connectivity index (χ1) is 42.1. The number of halogens is 5. The standard InChI is InChI=1S/C78H62F5N4O.Pt/c1-76(2,3)54-34-35-84-68(43-54)87-64-25-17-16-24-60(64)61-33-32-58(45-67(61)87)88-59-39-51(50-30-28-49(29-31-50)47-20-12-10-13-21-47)38-57(44-59)85-46-86(66-27-19-18-26-65(66)85)75-62(53-36-55(77(4,5)6)42-56(37-53)78(7,8)9)40-52(48-22-14-11-15-23-48)41-63(75)69-70(79)72(81)74(83)73(82)71(69)80;/h10-43,46H,1-9H3;/q-3;. The summed E-state index contributed by atoms with van der Waals surface area (Å²) in [7, 11) is 0. The summed E-state index contributed by atoms with van der Waals surface area (Å²) >= 11 is 0. The van der Waals surface area contributed by atoms with Gasteiger partial charge in [0.25, 0.3) is 0 Å². The van der Waals surface area contributed by atoms with Gasteiger partial charge in [0.2, 0.25) is 5.82 Å². The van der Waals surface area contributed by atoms with Crippen LogP contribution in [0.1, 0.15) is 79.0 Å². The van der Waals surface area contributed by atoms with Gasteiger partial charge in [0, 0.05) is 72.5 Å². The van der Waals surface area contributed by atoms with Crippen LogP contribution in [0.5, 0.6) is 11.5 Å². The van der Waals surface area contributed by atoms with Gasteiger partial charge in [-0.05, 0) is 114 Å². The average Bonchev–Trinajstić information content (AvgIpc) is 1.77. The number of nitrogens with zero attached hydrogens (tertiary/aromatic N) is 4. The summed E-state index contributed by atoms with van der Waals surface area (Å²) < 4.78 is 90.0. The third kappa shape index (κ3) is 11.2. The second-order valence-corrected chi connectivity index (χ2v) is 25.6. The molecule has 1 aliphatic heterocycles. The molecule has 0 atom stereocenters. The van der Waals surface area contributed by atoms with Crippen molar-refractivity contribution in [2.75, 3.05) is 9.80 Å². The van der Waals surface area contributed by atoms with Gasteiger partial charge < -0.3 is 19.1 Å². The van der Waals surface area contributed by atoms with E-state index in [2.05, 4.69) is 152 Å². The van der Waals surface area contributed by atoms with Gasteiger partial charge >= 0.3 is 0 Å². The zero-order valence-electron chi connectivity index (χ0n) is 50.6. The molecule has 0 unspecified atom stereocenters. The molecule has 0 saturated heterocycles. The minimum atomic E-state index is -2.25. The van der Waals surface area contributed by atoms with E-state index in [9.17, 15) is 0 Å². The molecule has 0 amide bonds. The van der Waals surface area contributed by atoms with Crippen LogP contribution < -0.4 is 14.5 Å². The molecule has 12 aromatic rings. The third-order valence-corrected chi connectivity index (χ3v) is 16.6. The van der Waals surface area contributed by atoms with Gasteiger partial charge in [-0.25, -0.2) is 26.9 Å². The number of pyridine rings is 1. The van der Waals surface area contributed by atoms with Crippen molar-refractivity contribution in [2.45, 2.75) is 78.6 Å². The number of rotatable bonds is 10. The van der Waals surface area contributed by atoms with Crippen LogP contribution in [0.25, 0.3) is 83.3 Å². The van der Waals surface area contributed by atoms with Crippen LogP contribution in [0.4, 0.5) is 44.7 Å². The molecular formula is C78H62F5N4OPt-3. The molecule has 10 aromatic carbocycles. The van der Waals surface area contributed by atoms with Gasteiger partial charge in [-0.2, -0.15) is 6.07 Å². The maximum absolute atomic E-state index is 17.0. The predicted molar refractivity (Wildman–Crippen MR) is 347 cm³/mol. The fourth-order valence-corrected chi connectivity index (χ4v) is 11.7. The molecule has 2 aromatic heterocycles. The minimum Gasteiger partial charge on any atom is -0.509 e. The van der Waals surface area contributed by atoms with Crippen LogP contribution in [0.3, 0.4) is 0 Å². The molecule has 5 nitrogen and oxygen atoms in total. The Kier molecular flexibility index (Phi) is 15.6. The molecule has 0 spiro atoms. The van der Waals surface area contributed by atoms with Crippen molar-refractivity contribution in [1.29, 1.82) is 0 Å². The number of ether oxygens (including phenoxy) is 1. The van der Waals surface area contributed by atoms with Crippen LogP contribution in [0.2, 0.25) is 0 Å². The van der Waals surface area contributed by atoms with Gasteiger partial charge in [-0.15, -0.1) is 53.6 Å². The molecule has 11 heteroatoms. The molecular weight excluding hydrogens is 1300 g/mol. The summed E-state index contributed by atoms with van der Waals surface area (Å²) in [5.74, 6) is -8.76. The Bertz CT molecular complexity index is 4630. The second kappa shape index (κ2) is 23.1. The average molecular weight is 1360 g/mol. The summed E-state index contributed by atoms with van der Waals surface area (Å²) in [6.07, 6.45) is 1.84. The molecule has 0 fully saturated rings. The van der Waals surface area contributed by atoms with Gasteiger partial charge in [0.15, 0.2) is 23.3 Å². The van der Waals surface area contributed by atoms with Gasteiger partial charge in [-0.3, -0.25) is 0 Å². The molecule has 448 valence electrons. The van der Waals surface area contributed by atoms with Crippen molar-refractivity contribution in [1.82, 2.24) is 9.55 Å². The van der Waals surface area contributed by atoms with Crippen molar-refractivity contribution >= 4 is 44.6 Å². The van der Waals surface area contributed by atoms with E-state index >= 15 is 22.0 Å². The van der Waals surface area contributed by atoms with Crippen molar-refractivity contribution in [3.63, 3.8) is 0 Å². The van der Waals surface area contributed by atoms with Crippen LogP contribution in [-0.4, -0.2) is 9.55 Å². The van der Waals surface area contributed by atoms with Gasteiger partial charge in [0.1, 0.15) is 5.82 Å². The first-order valence-electron chi connectivity index (χ1n) is 29.4. The van der Waals surface area contributed by atoms with Crippen molar-refractivity contribution in [3.05, 3.63) is 271 Å². The Morgan fingerprint density at radius 1 is 0.416 bits per heavy atom. The maximum atomic E-state index is 17.0. The summed E-state index contributed by atoms with van der Waals surface area (Å²) in [4.78, 5) is 8.58. The number of hydrogen-bond donors (Lipinski definition) is 0. The topological polar surface area (TPSA) is 33.5 Å². The molecule has 0 bridgehead atoms. The number of para-hydroxylation sites is 3. The smallest absolute Gasteiger partial charge is 0.200 e. The summed E-state index contributed by atoms with van der Waals surface area (Å²) in [6, 6.07) is 72.3. The Morgan fingerprint density at radius 2 is 0.933 bits per heavy atom. The first-order valence-corrected chi connectivity index (χ1v) is 29.4. The summed E-state index contributed by atoms with van der Waals surface area (Å²) in [6.45, 7) is 21.0. The first kappa shape index (κ1) is 60.2. The van der Waals surface area contributed by atoms with Crippen LogP contribution in [0.15, 0.2) is 206 Å². The zero-order chi connectivity index (χ0) is 61.6. The monoisotopic (exact) mass is 1360 g/mol. The molecule has 3 heterocycles. The number of hydrogen-bond acceptors (Lipinski definition) is 4. The molecule has 89 heavy (non-hydrogen) atoms. The fourth-order valence-electron chi connectivity index (χ4n) is 11.7. The Labute approximate surface area is 531 Å². The SMILES string of the molecule is CC(C)(C)c1cc(-c2cc(-c3ccccc3)cc(-c3c(F)c(F)c(F)c(F)c3F)c2N2[CH-]N(c3[c-]c(Oc4[c-]c5c(cc4)c4ccccc4n5-c4cc(C(C)(C)C)ccn4)cc(-c4ccc(-c5ccccc5)cc4)c3)c3ccccc32)cc(C(C)(C)C)c1.[Pt]. The van der Waals surface area contributed by atoms with E-state index < -0.39 is 34.6 Å². The second-order valence-electron chi connectivity index (χ2n) is 25.6.